The first-order valence-corrected chi connectivity index (χ1v) is 12.7. The molecule has 176 valence electrons. The summed E-state index contributed by atoms with van der Waals surface area (Å²) in [5.74, 6) is 0.664. The number of hydrogen-bond donors (Lipinski definition) is 1. The van der Waals surface area contributed by atoms with Gasteiger partial charge < -0.3 is 9.67 Å². The SMILES string of the molecule is Cc1cccc(C)c1C1CCN(Cc2c(-c3ccccc3)n(CCCO)c3ccccc23)CC1. The molecule has 0 atom stereocenters. The third-order valence-corrected chi connectivity index (χ3v) is 7.58. The maximum absolute atomic E-state index is 9.57. The van der Waals surface area contributed by atoms with Crippen molar-refractivity contribution in [3.63, 3.8) is 0 Å². The van der Waals surface area contributed by atoms with Crippen LogP contribution in [0.2, 0.25) is 0 Å². The number of benzene rings is 3. The van der Waals surface area contributed by atoms with Gasteiger partial charge in [0.05, 0.1) is 5.69 Å². The van der Waals surface area contributed by atoms with Crippen LogP contribution in [0.5, 0.6) is 0 Å². The molecule has 1 N–H and O–H groups in total. The number of rotatable bonds is 7. The Labute approximate surface area is 203 Å². The van der Waals surface area contributed by atoms with Crippen molar-refractivity contribution in [2.75, 3.05) is 19.7 Å². The lowest BCUT2D eigenvalue weighted by Gasteiger charge is -2.33. The summed E-state index contributed by atoms with van der Waals surface area (Å²) >= 11 is 0. The monoisotopic (exact) mass is 452 g/mol. The molecular weight excluding hydrogens is 416 g/mol. The van der Waals surface area contributed by atoms with Crippen LogP contribution in [0.3, 0.4) is 0 Å². The summed E-state index contributed by atoms with van der Waals surface area (Å²) in [5.41, 5.74) is 9.73. The lowest BCUT2D eigenvalue weighted by Crippen LogP contribution is -2.33. The minimum Gasteiger partial charge on any atom is -0.396 e. The number of aliphatic hydroxyl groups is 1. The summed E-state index contributed by atoms with van der Waals surface area (Å²) in [5, 5.41) is 10.9. The Morgan fingerprint density at radius 2 is 1.50 bits per heavy atom. The average Bonchev–Trinajstić information content (AvgIpc) is 3.17. The molecule has 1 fully saturated rings. The van der Waals surface area contributed by atoms with Crippen LogP contribution < -0.4 is 0 Å². The molecule has 1 aliphatic heterocycles. The maximum atomic E-state index is 9.57. The van der Waals surface area contributed by atoms with Gasteiger partial charge in [0, 0.05) is 30.6 Å². The van der Waals surface area contributed by atoms with Gasteiger partial charge in [0.15, 0.2) is 0 Å². The first-order valence-electron chi connectivity index (χ1n) is 12.7. The molecule has 3 aromatic carbocycles. The molecule has 0 unspecified atom stereocenters. The number of nitrogens with zero attached hydrogens (tertiary/aromatic N) is 2. The average molecular weight is 453 g/mol. The van der Waals surface area contributed by atoms with Crippen LogP contribution in [0.1, 0.15) is 47.4 Å². The summed E-state index contributed by atoms with van der Waals surface area (Å²) in [6, 6.07) is 26.3. The zero-order valence-corrected chi connectivity index (χ0v) is 20.5. The molecule has 0 spiro atoms. The third kappa shape index (κ3) is 4.43. The highest BCUT2D eigenvalue weighted by molar-refractivity contribution is 5.92. The van der Waals surface area contributed by atoms with E-state index >= 15 is 0 Å². The molecule has 2 heterocycles. The molecule has 0 aliphatic carbocycles. The first-order chi connectivity index (χ1) is 16.7. The second-order valence-corrected chi connectivity index (χ2v) is 9.80. The molecule has 4 aromatic rings. The second-order valence-electron chi connectivity index (χ2n) is 9.80. The number of hydrogen-bond acceptors (Lipinski definition) is 2. The minimum atomic E-state index is 0.210. The van der Waals surface area contributed by atoms with Crippen LogP contribution >= 0.6 is 0 Å². The van der Waals surface area contributed by atoms with Gasteiger partial charge in [0.2, 0.25) is 0 Å². The predicted molar refractivity (Wildman–Crippen MR) is 142 cm³/mol. The van der Waals surface area contributed by atoms with Gasteiger partial charge in [-0.2, -0.15) is 0 Å². The number of aliphatic hydroxyl groups excluding tert-OH is 1. The van der Waals surface area contributed by atoms with E-state index in [0.29, 0.717) is 5.92 Å². The highest BCUT2D eigenvalue weighted by Crippen LogP contribution is 2.37. The van der Waals surface area contributed by atoms with Crippen molar-refractivity contribution in [1.82, 2.24) is 9.47 Å². The zero-order chi connectivity index (χ0) is 23.5. The Morgan fingerprint density at radius 1 is 0.824 bits per heavy atom. The topological polar surface area (TPSA) is 28.4 Å². The van der Waals surface area contributed by atoms with Crippen molar-refractivity contribution in [2.45, 2.75) is 52.1 Å². The van der Waals surface area contributed by atoms with Crippen LogP contribution in [0.4, 0.5) is 0 Å². The number of fused-ring (bicyclic) bond motifs is 1. The van der Waals surface area contributed by atoms with Gasteiger partial charge in [-0.15, -0.1) is 0 Å². The largest absolute Gasteiger partial charge is 0.396 e. The Bertz CT molecular complexity index is 1230. The van der Waals surface area contributed by atoms with Crippen molar-refractivity contribution < 1.29 is 5.11 Å². The van der Waals surface area contributed by atoms with Gasteiger partial charge in [-0.3, -0.25) is 4.90 Å². The number of aryl methyl sites for hydroxylation is 3. The molecule has 1 saturated heterocycles. The highest BCUT2D eigenvalue weighted by Gasteiger charge is 2.25. The number of para-hydroxylation sites is 1. The van der Waals surface area contributed by atoms with E-state index in [1.807, 2.05) is 0 Å². The fraction of sp³-hybridized carbons (Fsp3) is 0.355. The fourth-order valence-electron chi connectivity index (χ4n) is 6.00. The van der Waals surface area contributed by atoms with Gasteiger partial charge in [-0.05, 0) is 86.0 Å². The number of likely N-dealkylation sites (tertiary alicyclic amines) is 1. The van der Waals surface area contributed by atoms with Crippen molar-refractivity contribution in [1.29, 1.82) is 0 Å². The van der Waals surface area contributed by atoms with E-state index in [9.17, 15) is 5.11 Å². The molecular formula is C31H36N2O. The van der Waals surface area contributed by atoms with Crippen LogP contribution in [0.15, 0.2) is 72.8 Å². The van der Waals surface area contributed by atoms with E-state index in [1.165, 1.54) is 51.7 Å². The van der Waals surface area contributed by atoms with E-state index in [2.05, 4.69) is 96.1 Å². The lowest BCUT2D eigenvalue weighted by molar-refractivity contribution is 0.205. The Morgan fingerprint density at radius 3 is 2.21 bits per heavy atom. The molecule has 34 heavy (non-hydrogen) atoms. The van der Waals surface area contributed by atoms with E-state index < -0.39 is 0 Å². The quantitative estimate of drug-likeness (QED) is 0.338. The van der Waals surface area contributed by atoms with Gasteiger partial charge in [-0.1, -0.05) is 66.7 Å². The van der Waals surface area contributed by atoms with Crippen molar-refractivity contribution in [3.8, 4) is 11.3 Å². The Hall–Kier alpha value is -2.88. The zero-order valence-electron chi connectivity index (χ0n) is 20.5. The normalized spacial score (nSPS) is 15.3. The molecule has 5 rings (SSSR count). The summed E-state index contributed by atoms with van der Waals surface area (Å²) < 4.78 is 2.43. The molecule has 3 heteroatoms. The van der Waals surface area contributed by atoms with E-state index in [1.54, 1.807) is 5.56 Å². The first kappa shape index (κ1) is 22.9. The van der Waals surface area contributed by atoms with Crippen molar-refractivity contribution in [2.24, 2.45) is 0 Å². The number of piperidine rings is 1. The van der Waals surface area contributed by atoms with Gasteiger partial charge in [-0.25, -0.2) is 0 Å². The van der Waals surface area contributed by atoms with Gasteiger partial charge in [0.1, 0.15) is 0 Å². The molecule has 0 saturated carbocycles. The van der Waals surface area contributed by atoms with Gasteiger partial charge >= 0.3 is 0 Å². The Kier molecular flexibility index (Phi) is 6.85. The van der Waals surface area contributed by atoms with E-state index in [0.717, 1.165) is 32.6 Å². The maximum Gasteiger partial charge on any atom is 0.0537 e. The summed E-state index contributed by atoms with van der Waals surface area (Å²) in [4.78, 5) is 2.65. The van der Waals surface area contributed by atoms with Gasteiger partial charge in [0.25, 0.3) is 0 Å². The lowest BCUT2D eigenvalue weighted by atomic mass is 9.84. The number of aromatic nitrogens is 1. The Balaban J connectivity index is 1.46. The summed E-state index contributed by atoms with van der Waals surface area (Å²) in [6.07, 6.45) is 3.20. The van der Waals surface area contributed by atoms with Crippen molar-refractivity contribution in [3.05, 3.63) is 95.1 Å². The van der Waals surface area contributed by atoms with Crippen LogP contribution in [0.25, 0.3) is 22.2 Å². The predicted octanol–water partition coefficient (Wildman–Crippen LogP) is 6.69. The standard InChI is InChI=1S/C31H36N2O/c1-23-10-8-11-24(2)30(23)25-16-19-32(20-17-25)22-28-27-14-6-7-15-29(27)33(18-9-21-34)31(28)26-12-4-3-5-13-26/h3-8,10-15,25,34H,9,16-22H2,1-2H3. The molecule has 1 aromatic heterocycles. The highest BCUT2D eigenvalue weighted by atomic mass is 16.3. The third-order valence-electron chi connectivity index (χ3n) is 7.58. The fourth-order valence-corrected chi connectivity index (χ4v) is 6.00. The molecule has 1 aliphatic rings. The minimum absolute atomic E-state index is 0.210. The second kappa shape index (κ2) is 10.2. The summed E-state index contributed by atoms with van der Waals surface area (Å²) in [7, 11) is 0. The summed E-state index contributed by atoms with van der Waals surface area (Å²) in [6.45, 7) is 8.80. The van der Waals surface area contributed by atoms with E-state index in [-0.39, 0.29) is 6.61 Å². The van der Waals surface area contributed by atoms with E-state index in [4.69, 9.17) is 0 Å². The molecule has 3 nitrogen and oxygen atoms in total. The van der Waals surface area contributed by atoms with Crippen LogP contribution in [-0.2, 0) is 13.1 Å². The molecule has 0 bridgehead atoms. The van der Waals surface area contributed by atoms with Crippen LogP contribution in [0, 0.1) is 13.8 Å². The van der Waals surface area contributed by atoms with Crippen LogP contribution in [-0.4, -0.2) is 34.3 Å². The molecule has 0 radical (unpaired) electrons. The van der Waals surface area contributed by atoms with Crippen molar-refractivity contribution >= 4 is 10.9 Å². The molecule has 0 amide bonds. The smallest absolute Gasteiger partial charge is 0.0537 e.